The first-order valence-electron chi connectivity index (χ1n) is 9.06. The molecule has 148 valence electrons. The zero-order valence-corrected chi connectivity index (χ0v) is 17.7. The minimum absolute atomic E-state index is 0.0583. The lowest BCUT2D eigenvalue weighted by Crippen LogP contribution is -2.32. The number of anilines is 1. The van der Waals surface area contributed by atoms with Gasteiger partial charge in [-0.05, 0) is 29.1 Å². The van der Waals surface area contributed by atoms with E-state index in [1.165, 1.54) is 22.2 Å². The van der Waals surface area contributed by atoms with Gasteiger partial charge in [0.15, 0.2) is 0 Å². The number of hydrogen-bond acceptors (Lipinski definition) is 6. The summed E-state index contributed by atoms with van der Waals surface area (Å²) >= 11 is 3.02. The van der Waals surface area contributed by atoms with Crippen LogP contribution >= 0.6 is 22.7 Å². The molecule has 0 spiro atoms. The number of nitrogens with zero attached hydrogens (tertiary/aromatic N) is 3. The van der Waals surface area contributed by atoms with Gasteiger partial charge in [0.1, 0.15) is 11.4 Å². The van der Waals surface area contributed by atoms with Crippen molar-refractivity contribution in [2.75, 3.05) is 19.0 Å². The fourth-order valence-electron chi connectivity index (χ4n) is 3.02. The van der Waals surface area contributed by atoms with E-state index in [4.69, 9.17) is 0 Å². The molecule has 0 aliphatic rings. The molecule has 29 heavy (non-hydrogen) atoms. The highest BCUT2D eigenvalue weighted by atomic mass is 32.1. The Hall–Kier alpha value is -2.97. The second-order valence-corrected chi connectivity index (χ2v) is 8.63. The lowest BCUT2D eigenvalue weighted by atomic mass is 10.2. The Morgan fingerprint density at radius 3 is 2.66 bits per heavy atom. The highest BCUT2D eigenvalue weighted by Crippen LogP contribution is 2.33. The molecule has 0 aliphatic carbocycles. The summed E-state index contributed by atoms with van der Waals surface area (Å²) in [5, 5.41) is 7.38. The summed E-state index contributed by atoms with van der Waals surface area (Å²) in [7, 11) is 3.97. The van der Waals surface area contributed by atoms with Crippen LogP contribution in [0.3, 0.4) is 0 Å². The number of fused-ring (bicyclic) bond motifs is 1. The van der Waals surface area contributed by atoms with Gasteiger partial charge in [0.2, 0.25) is 5.91 Å². The second kappa shape index (κ2) is 8.18. The molecule has 0 aliphatic heterocycles. The molecule has 4 rings (SSSR count). The second-order valence-electron chi connectivity index (χ2n) is 6.82. The first-order valence-corrected chi connectivity index (χ1v) is 10.8. The summed E-state index contributed by atoms with van der Waals surface area (Å²) < 4.78 is 1.37. The molecule has 3 aromatic heterocycles. The number of carbonyl (C=O) groups is 1. The lowest BCUT2D eigenvalue weighted by molar-refractivity contribution is -0.121. The maximum atomic E-state index is 13.0. The number of carbonyl (C=O) groups excluding carboxylic acids is 1. The van der Waals surface area contributed by atoms with Crippen molar-refractivity contribution >= 4 is 44.5 Å². The van der Waals surface area contributed by atoms with E-state index in [1.54, 1.807) is 11.3 Å². The van der Waals surface area contributed by atoms with Gasteiger partial charge in [-0.25, -0.2) is 4.98 Å². The van der Waals surface area contributed by atoms with E-state index in [2.05, 4.69) is 10.3 Å². The van der Waals surface area contributed by atoms with E-state index < -0.39 is 0 Å². The molecule has 4 aromatic rings. The molecule has 1 amide bonds. The smallest absolute Gasteiger partial charge is 0.263 e. The van der Waals surface area contributed by atoms with Gasteiger partial charge in [0, 0.05) is 42.1 Å². The van der Waals surface area contributed by atoms with Crippen LogP contribution in [0.1, 0.15) is 5.56 Å². The van der Waals surface area contributed by atoms with Crippen LogP contribution in [0.2, 0.25) is 0 Å². The maximum absolute atomic E-state index is 13.0. The molecule has 0 unspecified atom stereocenters. The number of thiophene rings is 2. The van der Waals surface area contributed by atoms with Gasteiger partial charge >= 0.3 is 0 Å². The number of aromatic nitrogens is 2. The number of benzene rings is 1. The van der Waals surface area contributed by atoms with Gasteiger partial charge in [-0.2, -0.15) is 0 Å². The fourth-order valence-corrected chi connectivity index (χ4v) is 4.74. The van der Waals surface area contributed by atoms with Crippen LogP contribution in [-0.4, -0.2) is 29.6 Å². The Kier molecular flexibility index (Phi) is 5.46. The molecular formula is C21H20N4O2S2. The Morgan fingerprint density at radius 1 is 1.17 bits per heavy atom. The Labute approximate surface area is 176 Å². The third-order valence-corrected chi connectivity index (χ3v) is 6.39. The molecule has 1 N–H and O–H groups in total. The van der Waals surface area contributed by atoms with E-state index in [0.29, 0.717) is 16.8 Å². The molecule has 0 saturated carbocycles. The van der Waals surface area contributed by atoms with E-state index >= 15 is 0 Å². The van der Waals surface area contributed by atoms with Gasteiger partial charge < -0.3 is 10.2 Å². The lowest BCUT2D eigenvalue weighted by Gasteiger charge is -2.13. The third kappa shape index (κ3) is 4.08. The monoisotopic (exact) mass is 424 g/mol. The SMILES string of the molecule is CN(C)c1ccc(CNC(=O)Cn2cnc3scc(-c4cccs4)c3c2=O)cc1. The number of hydrogen-bond donors (Lipinski definition) is 1. The summed E-state index contributed by atoms with van der Waals surface area (Å²) in [5.41, 5.74) is 2.80. The van der Waals surface area contributed by atoms with E-state index in [9.17, 15) is 9.59 Å². The molecule has 3 heterocycles. The van der Waals surface area contributed by atoms with Crippen LogP contribution in [0, 0.1) is 0 Å². The molecule has 0 saturated heterocycles. The van der Waals surface area contributed by atoms with Crippen molar-refractivity contribution in [1.29, 1.82) is 0 Å². The highest BCUT2D eigenvalue weighted by molar-refractivity contribution is 7.18. The summed E-state index contributed by atoms with van der Waals surface area (Å²) in [4.78, 5) is 33.5. The van der Waals surface area contributed by atoms with Crippen molar-refractivity contribution < 1.29 is 4.79 Å². The average Bonchev–Trinajstić information content (AvgIpc) is 3.38. The van der Waals surface area contributed by atoms with Crippen LogP contribution in [-0.2, 0) is 17.9 Å². The third-order valence-electron chi connectivity index (χ3n) is 4.60. The molecule has 6 nitrogen and oxygen atoms in total. The van der Waals surface area contributed by atoms with Gasteiger partial charge in [0.05, 0.1) is 11.7 Å². The molecule has 0 bridgehead atoms. The van der Waals surface area contributed by atoms with Crippen LogP contribution < -0.4 is 15.8 Å². The maximum Gasteiger partial charge on any atom is 0.263 e. The van der Waals surface area contributed by atoms with E-state index in [0.717, 1.165) is 21.7 Å². The summed E-state index contributed by atoms with van der Waals surface area (Å²) in [6.07, 6.45) is 1.45. The minimum atomic E-state index is -0.224. The predicted molar refractivity (Wildman–Crippen MR) is 120 cm³/mol. The fraction of sp³-hybridized carbons (Fsp3) is 0.190. The Balaban J connectivity index is 1.49. The molecule has 0 atom stereocenters. The molecule has 0 fully saturated rings. The molecule has 1 aromatic carbocycles. The van der Waals surface area contributed by atoms with Crippen molar-refractivity contribution in [3.8, 4) is 10.4 Å². The van der Waals surface area contributed by atoms with E-state index in [-0.39, 0.29) is 18.0 Å². The molecular weight excluding hydrogens is 404 g/mol. The number of amides is 1. The number of rotatable bonds is 6. The average molecular weight is 425 g/mol. The van der Waals surface area contributed by atoms with Crippen molar-refractivity contribution in [2.24, 2.45) is 0 Å². The van der Waals surface area contributed by atoms with Gasteiger partial charge in [-0.15, -0.1) is 22.7 Å². The van der Waals surface area contributed by atoms with Crippen molar-refractivity contribution in [3.63, 3.8) is 0 Å². The minimum Gasteiger partial charge on any atom is -0.378 e. The Morgan fingerprint density at radius 2 is 1.97 bits per heavy atom. The highest BCUT2D eigenvalue weighted by Gasteiger charge is 2.15. The van der Waals surface area contributed by atoms with Crippen LogP contribution in [0.4, 0.5) is 5.69 Å². The Bertz CT molecular complexity index is 1190. The van der Waals surface area contributed by atoms with Crippen LogP contribution in [0.25, 0.3) is 20.7 Å². The number of nitrogens with one attached hydrogen (secondary N) is 1. The van der Waals surface area contributed by atoms with Gasteiger partial charge in [0.25, 0.3) is 5.56 Å². The van der Waals surface area contributed by atoms with E-state index in [1.807, 2.05) is 66.2 Å². The van der Waals surface area contributed by atoms with Gasteiger partial charge in [-0.1, -0.05) is 18.2 Å². The van der Waals surface area contributed by atoms with Crippen molar-refractivity contribution in [2.45, 2.75) is 13.1 Å². The quantitative estimate of drug-likeness (QED) is 0.514. The predicted octanol–water partition coefficient (Wildman–Crippen LogP) is 3.57. The first-order chi connectivity index (χ1) is 14.0. The standard InChI is InChI=1S/C21H20N4O2S2/c1-24(2)15-7-5-14(6-8-15)10-22-18(26)11-25-13-23-20-19(21(25)27)16(12-29-20)17-4-3-9-28-17/h3-9,12-13H,10-11H2,1-2H3,(H,22,26). The largest absolute Gasteiger partial charge is 0.378 e. The molecule has 0 radical (unpaired) electrons. The normalized spacial score (nSPS) is 11.0. The van der Waals surface area contributed by atoms with Crippen molar-refractivity contribution in [1.82, 2.24) is 14.9 Å². The summed E-state index contributed by atoms with van der Waals surface area (Å²) in [6, 6.07) is 11.9. The zero-order chi connectivity index (χ0) is 20.4. The van der Waals surface area contributed by atoms with Crippen molar-refractivity contribution in [3.05, 3.63) is 69.4 Å². The first kappa shape index (κ1) is 19.4. The van der Waals surface area contributed by atoms with Crippen LogP contribution in [0.5, 0.6) is 0 Å². The summed E-state index contributed by atoms with van der Waals surface area (Å²) in [5.74, 6) is -0.224. The summed E-state index contributed by atoms with van der Waals surface area (Å²) in [6.45, 7) is 0.354. The molecule has 8 heteroatoms. The zero-order valence-electron chi connectivity index (χ0n) is 16.1. The van der Waals surface area contributed by atoms with Crippen LogP contribution in [0.15, 0.2) is 58.3 Å². The van der Waals surface area contributed by atoms with Gasteiger partial charge in [-0.3, -0.25) is 14.2 Å². The topological polar surface area (TPSA) is 67.2 Å².